The number of rotatable bonds is 11. The molecule has 11 heteroatoms. The number of ether oxygens (including phenoxy) is 2. The minimum absolute atomic E-state index is 0.0255. The predicted octanol–water partition coefficient (Wildman–Crippen LogP) is 4.72. The third-order valence-electron chi connectivity index (χ3n) is 5.23. The van der Waals surface area contributed by atoms with Gasteiger partial charge in [0.1, 0.15) is 11.3 Å². The van der Waals surface area contributed by atoms with Gasteiger partial charge in [0.25, 0.3) is 11.6 Å². The summed E-state index contributed by atoms with van der Waals surface area (Å²) in [6.07, 6.45) is 3.53. The molecule has 4 rings (SSSR count). The summed E-state index contributed by atoms with van der Waals surface area (Å²) in [5, 5.41) is 15.0. The first-order valence-corrected chi connectivity index (χ1v) is 11.2. The average molecular weight is 492 g/mol. The molecular weight excluding hydrogens is 466 g/mol. The third-order valence-corrected chi connectivity index (χ3v) is 5.23. The molecule has 0 saturated carbocycles. The monoisotopic (exact) mass is 491 g/mol. The van der Waals surface area contributed by atoms with Crippen LogP contribution < -0.4 is 25.6 Å². The number of pyridine rings is 1. The van der Waals surface area contributed by atoms with Gasteiger partial charge in [-0.3, -0.25) is 20.5 Å². The van der Waals surface area contributed by atoms with Crippen LogP contribution in [0.15, 0.2) is 71.4 Å². The maximum absolute atomic E-state index is 12.3. The first kappa shape index (κ1) is 24.5. The fourth-order valence-electron chi connectivity index (χ4n) is 3.51. The number of nitrogens with zero attached hydrogens (tertiary/aromatic N) is 2. The third kappa shape index (κ3) is 6.27. The van der Waals surface area contributed by atoms with E-state index in [1.54, 1.807) is 31.3 Å². The molecule has 1 amide bonds. The van der Waals surface area contributed by atoms with Crippen molar-refractivity contribution in [1.82, 2.24) is 15.7 Å². The van der Waals surface area contributed by atoms with Gasteiger partial charge in [0.15, 0.2) is 0 Å². The Morgan fingerprint density at radius 1 is 1.17 bits per heavy atom. The number of non-ortho nitro benzene ring substituents is 1. The highest BCUT2D eigenvalue weighted by Crippen LogP contribution is 2.37. The zero-order valence-corrected chi connectivity index (χ0v) is 19.5. The number of fused-ring (bicyclic) bond motifs is 1. The number of nitro benzene ring substituents is 1. The second kappa shape index (κ2) is 11.7. The molecule has 0 bridgehead atoms. The van der Waals surface area contributed by atoms with E-state index in [1.165, 1.54) is 18.2 Å². The van der Waals surface area contributed by atoms with Crippen molar-refractivity contribution >= 4 is 28.4 Å². The van der Waals surface area contributed by atoms with Crippen molar-refractivity contribution in [2.75, 3.05) is 18.6 Å². The molecule has 11 nitrogen and oxygen atoms in total. The van der Waals surface area contributed by atoms with E-state index in [0.717, 1.165) is 30.5 Å². The number of carbonyl (C=O) groups excluding carboxylic acids is 1. The number of furan rings is 1. The highest BCUT2D eigenvalue weighted by atomic mass is 16.6. The molecule has 0 unspecified atom stereocenters. The van der Waals surface area contributed by atoms with Crippen molar-refractivity contribution in [3.05, 3.63) is 88.2 Å². The van der Waals surface area contributed by atoms with E-state index in [4.69, 9.17) is 13.9 Å². The van der Waals surface area contributed by atoms with Crippen LogP contribution in [0.4, 0.5) is 16.2 Å². The molecule has 36 heavy (non-hydrogen) atoms. The van der Waals surface area contributed by atoms with Gasteiger partial charge in [-0.25, -0.2) is 10.2 Å². The van der Waals surface area contributed by atoms with Gasteiger partial charge in [-0.05, 0) is 49.7 Å². The fourth-order valence-corrected chi connectivity index (χ4v) is 3.51. The topological polar surface area (TPSA) is 141 Å². The largest absolute Gasteiger partial charge is 0.493 e. The molecule has 0 spiro atoms. The first-order chi connectivity index (χ1) is 17.5. The zero-order chi connectivity index (χ0) is 25.3. The van der Waals surface area contributed by atoms with Gasteiger partial charge >= 0.3 is 6.09 Å². The Balaban J connectivity index is 1.30. The molecule has 0 fully saturated rings. The number of nitrogens with one attached hydrogen (secondary N) is 3. The Morgan fingerprint density at radius 2 is 2.03 bits per heavy atom. The number of hydrazine groups is 1. The first-order valence-electron chi connectivity index (χ1n) is 11.2. The summed E-state index contributed by atoms with van der Waals surface area (Å²) in [5.41, 5.74) is 7.37. The van der Waals surface area contributed by atoms with Gasteiger partial charge in [0.05, 0.1) is 22.6 Å². The highest BCUT2D eigenvalue weighted by Gasteiger charge is 2.19. The molecule has 0 aliphatic carbocycles. The normalized spacial score (nSPS) is 10.7. The number of nitro groups is 1. The highest BCUT2D eigenvalue weighted by molar-refractivity contribution is 5.90. The zero-order valence-electron chi connectivity index (χ0n) is 19.5. The van der Waals surface area contributed by atoms with Crippen molar-refractivity contribution in [2.24, 2.45) is 0 Å². The summed E-state index contributed by atoms with van der Waals surface area (Å²) in [6, 6.07) is 15.0. The number of hydrogen-bond donors (Lipinski definition) is 3. The van der Waals surface area contributed by atoms with E-state index >= 15 is 0 Å². The summed E-state index contributed by atoms with van der Waals surface area (Å²) in [5.74, 6) is 0.656. The smallest absolute Gasteiger partial charge is 0.433 e. The van der Waals surface area contributed by atoms with Crippen LogP contribution in [-0.2, 0) is 6.54 Å². The van der Waals surface area contributed by atoms with E-state index in [1.807, 2.05) is 24.4 Å². The van der Waals surface area contributed by atoms with E-state index < -0.39 is 11.0 Å². The average Bonchev–Trinajstić information content (AvgIpc) is 3.21. The SMILES string of the molecule is Cc1c(OC(=O)NNc2cccc([N+](=O)[O-])c2)oc2cccc(OCCCNCc3cccnc3)c12. The van der Waals surface area contributed by atoms with Gasteiger partial charge in [0.2, 0.25) is 0 Å². The van der Waals surface area contributed by atoms with Crippen molar-refractivity contribution in [1.29, 1.82) is 0 Å². The van der Waals surface area contributed by atoms with Gasteiger partial charge in [-0.15, -0.1) is 0 Å². The van der Waals surface area contributed by atoms with Crippen LogP contribution in [0, 0.1) is 17.0 Å². The summed E-state index contributed by atoms with van der Waals surface area (Å²) >= 11 is 0. The molecule has 0 aliphatic rings. The molecule has 0 saturated heterocycles. The van der Waals surface area contributed by atoms with E-state index in [0.29, 0.717) is 29.2 Å². The number of hydrogen-bond acceptors (Lipinski definition) is 9. The molecule has 186 valence electrons. The van der Waals surface area contributed by atoms with Crippen molar-refractivity contribution in [3.8, 4) is 11.7 Å². The van der Waals surface area contributed by atoms with Crippen LogP contribution in [0.2, 0.25) is 0 Å². The summed E-state index contributed by atoms with van der Waals surface area (Å²) < 4.78 is 17.0. The number of anilines is 1. The van der Waals surface area contributed by atoms with E-state index in [9.17, 15) is 14.9 Å². The van der Waals surface area contributed by atoms with E-state index in [2.05, 4.69) is 21.2 Å². The molecule has 2 heterocycles. The maximum Gasteiger partial charge on any atom is 0.433 e. The second-order valence-corrected chi connectivity index (χ2v) is 7.83. The summed E-state index contributed by atoms with van der Waals surface area (Å²) in [4.78, 5) is 26.7. The Bertz CT molecular complexity index is 1340. The minimum atomic E-state index is -0.842. The van der Waals surface area contributed by atoms with Crippen LogP contribution in [0.1, 0.15) is 17.5 Å². The van der Waals surface area contributed by atoms with Gasteiger partial charge in [0, 0.05) is 36.6 Å². The molecule has 0 aliphatic heterocycles. The molecular formula is C25H25N5O6. The lowest BCUT2D eigenvalue weighted by Gasteiger charge is -2.09. The number of carbonyl (C=O) groups is 1. The Labute approximate surface area is 206 Å². The number of aryl methyl sites for hydroxylation is 1. The van der Waals surface area contributed by atoms with Crippen LogP contribution in [0.5, 0.6) is 11.7 Å². The van der Waals surface area contributed by atoms with Crippen LogP contribution in [0.3, 0.4) is 0 Å². The number of amides is 1. The Hall–Kier alpha value is -4.64. The van der Waals surface area contributed by atoms with Gasteiger partial charge in [-0.1, -0.05) is 18.2 Å². The van der Waals surface area contributed by atoms with Gasteiger partial charge < -0.3 is 19.2 Å². The standard InChI is InChI=1S/C25H25N5O6/c1-17-23-21(34-13-5-12-27-16-18-6-4-11-26-15-18)9-3-10-22(23)35-24(17)36-25(31)29-28-19-7-2-8-20(14-19)30(32)33/h2-4,6-11,14-15,27-28H,5,12-13,16H2,1H3,(H,29,31). The van der Waals surface area contributed by atoms with Gasteiger partial charge in [-0.2, -0.15) is 0 Å². The predicted molar refractivity (Wildman–Crippen MR) is 133 cm³/mol. The molecule has 0 atom stereocenters. The lowest BCUT2D eigenvalue weighted by atomic mass is 10.1. The van der Waals surface area contributed by atoms with Crippen molar-refractivity contribution in [2.45, 2.75) is 19.9 Å². The fraction of sp³-hybridized carbons (Fsp3) is 0.200. The molecule has 0 radical (unpaired) electrons. The summed E-state index contributed by atoms with van der Waals surface area (Å²) in [7, 11) is 0. The van der Waals surface area contributed by atoms with Crippen molar-refractivity contribution in [3.63, 3.8) is 0 Å². The van der Waals surface area contributed by atoms with Crippen LogP contribution in [0.25, 0.3) is 11.0 Å². The summed E-state index contributed by atoms with van der Waals surface area (Å²) in [6.45, 7) is 3.78. The van der Waals surface area contributed by atoms with Crippen LogP contribution >= 0.6 is 0 Å². The molecule has 2 aromatic heterocycles. The quantitative estimate of drug-likeness (QED) is 0.154. The Morgan fingerprint density at radius 3 is 2.83 bits per heavy atom. The number of aromatic nitrogens is 1. The number of benzene rings is 2. The lowest BCUT2D eigenvalue weighted by Crippen LogP contribution is -2.32. The molecule has 3 N–H and O–H groups in total. The van der Waals surface area contributed by atoms with Crippen molar-refractivity contribution < 1.29 is 23.6 Å². The molecule has 2 aromatic carbocycles. The minimum Gasteiger partial charge on any atom is -0.493 e. The second-order valence-electron chi connectivity index (χ2n) is 7.83. The Kier molecular flexibility index (Phi) is 7.94. The molecule has 4 aromatic rings. The van der Waals surface area contributed by atoms with Crippen LogP contribution in [-0.4, -0.2) is 29.2 Å². The lowest BCUT2D eigenvalue weighted by molar-refractivity contribution is -0.384. The van der Waals surface area contributed by atoms with E-state index in [-0.39, 0.29) is 11.6 Å². The maximum atomic E-state index is 12.3.